The van der Waals surface area contributed by atoms with Crippen LogP contribution in [0.5, 0.6) is 17.2 Å². The summed E-state index contributed by atoms with van der Waals surface area (Å²) in [5.41, 5.74) is 1.95. The van der Waals surface area contributed by atoms with Gasteiger partial charge in [0.25, 0.3) is 0 Å². The molecular formula is C21H26F3N3O3. The minimum Gasteiger partial charge on any atom is -0.508 e. The zero-order valence-electron chi connectivity index (χ0n) is 17.1. The number of hydrogen-bond donors (Lipinski definition) is 3. The number of aliphatic imine (C=N–C) groups is 1. The second-order valence-corrected chi connectivity index (χ2v) is 6.56. The highest BCUT2D eigenvalue weighted by atomic mass is 19.4. The number of phenolic OH excluding ortho intramolecular Hbond substituents is 1. The number of rotatable bonds is 8. The summed E-state index contributed by atoms with van der Waals surface area (Å²) in [5.74, 6) is 1.31. The standard InChI is InChI=1S/C21H26F3N3O3/c1-4-25-20(27-12-16-10-17(29-3)7-8-18(16)28)26-11-15-6-5-14(2)9-19(15)30-13-21(22,23)24/h5-10,28H,4,11-13H2,1-3H3,(H2,25,26,27). The maximum Gasteiger partial charge on any atom is 0.422 e. The molecule has 0 aromatic heterocycles. The number of aryl methyl sites for hydroxylation is 1. The Hall–Kier alpha value is -3.10. The van der Waals surface area contributed by atoms with Crippen molar-refractivity contribution in [2.75, 3.05) is 20.3 Å². The molecule has 0 aliphatic heterocycles. The Morgan fingerprint density at radius 1 is 1.10 bits per heavy atom. The summed E-state index contributed by atoms with van der Waals surface area (Å²) in [5, 5.41) is 16.1. The van der Waals surface area contributed by atoms with Crippen molar-refractivity contribution >= 4 is 5.96 Å². The Morgan fingerprint density at radius 2 is 1.87 bits per heavy atom. The molecule has 30 heavy (non-hydrogen) atoms. The molecular weight excluding hydrogens is 399 g/mol. The van der Waals surface area contributed by atoms with Crippen molar-refractivity contribution in [3.8, 4) is 17.2 Å². The zero-order chi connectivity index (χ0) is 22.1. The molecule has 0 atom stereocenters. The van der Waals surface area contributed by atoms with E-state index in [0.29, 0.717) is 29.4 Å². The SMILES string of the molecule is CCNC(=NCc1cc(OC)ccc1O)NCc1ccc(C)cc1OCC(F)(F)F. The smallest absolute Gasteiger partial charge is 0.422 e. The van der Waals surface area contributed by atoms with Crippen molar-refractivity contribution in [3.05, 3.63) is 53.1 Å². The van der Waals surface area contributed by atoms with E-state index in [2.05, 4.69) is 15.6 Å². The molecule has 2 aromatic carbocycles. The molecule has 3 N–H and O–H groups in total. The third-order valence-corrected chi connectivity index (χ3v) is 4.10. The average Bonchev–Trinajstić information content (AvgIpc) is 2.70. The quantitative estimate of drug-likeness (QED) is 0.442. The molecule has 0 aliphatic carbocycles. The molecule has 0 radical (unpaired) electrons. The van der Waals surface area contributed by atoms with Gasteiger partial charge in [0.15, 0.2) is 12.6 Å². The van der Waals surface area contributed by atoms with Gasteiger partial charge in [0.05, 0.1) is 13.7 Å². The monoisotopic (exact) mass is 425 g/mol. The fraction of sp³-hybridized carbons (Fsp3) is 0.381. The van der Waals surface area contributed by atoms with Gasteiger partial charge < -0.3 is 25.2 Å². The van der Waals surface area contributed by atoms with Crippen molar-refractivity contribution in [2.24, 2.45) is 4.99 Å². The number of benzene rings is 2. The van der Waals surface area contributed by atoms with Crippen LogP contribution in [0, 0.1) is 6.92 Å². The normalized spacial score (nSPS) is 11.9. The van der Waals surface area contributed by atoms with Crippen LogP contribution in [0.2, 0.25) is 0 Å². The van der Waals surface area contributed by atoms with Crippen molar-refractivity contribution in [2.45, 2.75) is 33.1 Å². The molecule has 0 heterocycles. The molecule has 2 aromatic rings. The summed E-state index contributed by atoms with van der Waals surface area (Å²) in [6, 6.07) is 9.94. The van der Waals surface area contributed by atoms with Crippen molar-refractivity contribution < 1.29 is 27.8 Å². The Morgan fingerprint density at radius 3 is 2.53 bits per heavy atom. The maximum atomic E-state index is 12.5. The second-order valence-electron chi connectivity index (χ2n) is 6.56. The van der Waals surface area contributed by atoms with Crippen molar-refractivity contribution in [1.29, 1.82) is 0 Å². The van der Waals surface area contributed by atoms with Crippen LogP contribution in [0.3, 0.4) is 0 Å². The van der Waals surface area contributed by atoms with Gasteiger partial charge in [-0.25, -0.2) is 4.99 Å². The first-order chi connectivity index (χ1) is 14.2. The van der Waals surface area contributed by atoms with Gasteiger partial charge in [-0.1, -0.05) is 12.1 Å². The zero-order valence-corrected chi connectivity index (χ0v) is 17.1. The van der Waals surface area contributed by atoms with Crippen LogP contribution < -0.4 is 20.1 Å². The fourth-order valence-corrected chi connectivity index (χ4v) is 2.60. The topological polar surface area (TPSA) is 75.1 Å². The number of methoxy groups -OCH3 is 1. The molecule has 0 saturated heterocycles. The number of alkyl halides is 3. The minimum absolute atomic E-state index is 0.0942. The number of aromatic hydroxyl groups is 1. The van der Waals surface area contributed by atoms with Gasteiger partial charge in [0.2, 0.25) is 0 Å². The predicted octanol–water partition coefficient (Wildman–Crippen LogP) is 3.91. The van der Waals surface area contributed by atoms with Gasteiger partial charge in [0.1, 0.15) is 17.2 Å². The Bertz CT molecular complexity index is 870. The van der Waals surface area contributed by atoms with Gasteiger partial charge in [-0.05, 0) is 43.7 Å². The summed E-state index contributed by atoms with van der Waals surface area (Å²) in [4.78, 5) is 4.43. The second kappa shape index (κ2) is 10.6. The third-order valence-electron chi connectivity index (χ3n) is 4.10. The van der Waals surface area contributed by atoms with E-state index in [0.717, 1.165) is 5.56 Å². The van der Waals surface area contributed by atoms with Crippen LogP contribution in [0.25, 0.3) is 0 Å². The number of ether oxygens (including phenoxy) is 2. The molecule has 0 fully saturated rings. The number of nitrogens with zero attached hydrogens (tertiary/aromatic N) is 1. The summed E-state index contributed by atoms with van der Waals surface area (Å²) < 4.78 is 47.7. The molecule has 0 unspecified atom stereocenters. The first kappa shape index (κ1) is 23.2. The lowest BCUT2D eigenvalue weighted by Crippen LogP contribution is -2.37. The highest BCUT2D eigenvalue weighted by Crippen LogP contribution is 2.25. The van der Waals surface area contributed by atoms with E-state index in [-0.39, 0.29) is 24.6 Å². The van der Waals surface area contributed by atoms with E-state index in [1.807, 2.05) is 6.92 Å². The van der Waals surface area contributed by atoms with Crippen LogP contribution in [-0.4, -0.2) is 37.5 Å². The minimum atomic E-state index is -4.41. The average molecular weight is 425 g/mol. The highest BCUT2D eigenvalue weighted by Gasteiger charge is 2.28. The first-order valence-electron chi connectivity index (χ1n) is 9.39. The van der Waals surface area contributed by atoms with Crippen molar-refractivity contribution in [3.63, 3.8) is 0 Å². The van der Waals surface area contributed by atoms with E-state index >= 15 is 0 Å². The van der Waals surface area contributed by atoms with E-state index in [1.165, 1.54) is 13.2 Å². The number of halogens is 3. The van der Waals surface area contributed by atoms with E-state index in [9.17, 15) is 18.3 Å². The van der Waals surface area contributed by atoms with Crippen LogP contribution in [-0.2, 0) is 13.1 Å². The number of phenols is 1. The van der Waals surface area contributed by atoms with Crippen molar-refractivity contribution in [1.82, 2.24) is 10.6 Å². The summed E-state index contributed by atoms with van der Waals surface area (Å²) in [6.45, 7) is 3.30. The maximum absolute atomic E-state index is 12.5. The third kappa shape index (κ3) is 7.38. The summed E-state index contributed by atoms with van der Waals surface area (Å²) in [7, 11) is 1.53. The molecule has 0 amide bonds. The van der Waals surface area contributed by atoms with Gasteiger partial charge in [0, 0.05) is 24.2 Å². The Labute approximate surface area is 173 Å². The number of hydrogen-bond acceptors (Lipinski definition) is 4. The largest absolute Gasteiger partial charge is 0.508 e. The first-order valence-corrected chi connectivity index (χ1v) is 9.39. The van der Waals surface area contributed by atoms with Gasteiger partial charge in [-0.2, -0.15) is 13.2 Å². The lowest BCUT2D eigenvalue weighted by molar-refractivity contribution is -0.153. The molecule has 0 saturated carbocycles. The van der Waals surface area contributed by atoms with Gasteiger partial charge in [-0.3, -0.25) is 0 Å². The predicted molar refractivity (Wildman–Crippen MR) is 109 cm³/mol. The molecule has 164 valence electrons. The lowest BCUT2D eigenvalue weighted by Gasteiger charge is -2.16. The Balaban J connectivity index is 2.11. The molecule has 0 aliphatic rings. The van der Waals surface area contributed by atoms with E-state index in [1.54, 1.807) is 37.3 Å². The summed E-state index contributed by atoms with van der Waals surface area (Å²) >= 11 is 0. The fourth-order valence-electron chi connectivity index (χ4n) is 2.60. The van der Waals surface area contributed by atoms with Crippen LogP contribution >= 0.6 is 0 Å². The number of nitrogens with one attached hydrogen (secondary N) is 2. The molecule has 0 bridgehead atoms. The van der Waals surface area contributed by atoms with E-state index < -0.39 is 12.8 Å². The van der Waals surface area contributed by atoms with Gasteiger partial charge in [-0.15, -0.1) is 0 Å². The molecule has 9 heteroatoms. The van der Waals surface area contributed by atoms with Crippen LogP contribution in [0.4, 0.5) is 13.2 Å². The summed E-state index contributed by atoms with van der Waals surface area (Å²) in [6.07, 6.45) is -4.41. The lowest BCUT2D eigenvalue weighted by atomic mass is 10.1. The highest BCUT2D eigenvalue weighted by molar-refractivity contribution is 5.79. The molecule has 0 spiro atoms. The van der Waals surface area contributed by atoms with E-state index in [4.69, 9.17) is 9.47 Å². The van der Waals surface area contributed by atoms with Crippen LogP contribution in [0.15, 0.2) is 41.4 Å². The molecule has 6 nitrogen and oxygen atoms in total. The van der Waals surface area contributed by atoms with Crippen LogP contribution in [0.1, 0.15) is 23.6 Å². The molecule has 2 rings (SSSR count). The number of guanidine groups is 1. The Kier molecular flexibility index (Phi) is 8.20. The van der Waals surface area contributed by atoms with Gasteiger partial charge >= 0.3 is 6.18 Å².